The Kier molecular flexibility index (Phi) is 7.30. The molecule has 0 saturated heterocycles. The summed E-state index contributed by atoms with van der Waals surface area (Å²) in [6.07, 6.45) is 10.6. The van der Waals surface area contributed by atoms with Crippen molar-refractivity contribution in [3.63, 3.8) is 0 Å². The number of rotatable bonds is 7. The van der Waals surface area contributed by atoms with E-state index >= 15 is 0 Å². The highest BCUT2D eigenvalue weighted by Crippen LogP contribution is 2.47. The van der Waals surface area contributed by atoms with Gasteiger partial charge >= 0.3 is 0 Å². The molecule has 0 radical (unpaired) electrons. The van der Waals surface area contributed by atoms with E-state index in [1.165, 1.54) is 42.4 Å². The van der Waals surface area contributed by atoms with Crippen LogP contribution in [0.2, 0.25) is 18.1 Å². The fourth-order valence-corrected chi connectivity index (χ4v) is 7.62. The van der Waals surface area contributed by atoms with E-state index in [-0.39, 0.29) is 23.7 Å². The lowest BCUT2D eigenvalue weighted by Gasteiger charge is -2.39. The Balaban J connectivity index is 1.50. The zero-order chi connectivity index (χ0) is 22.9. The largest absolute Gasteiger partial charge is 0.414 e. The molecule has 0 spiro atoms. The van der Waals surface area contributed by atoms with Crippen LogP contribution >= 0.6 is 11.3 Å². The standard InChI is InChI=1S/C25H41N3O2SSi/c1-25(2,3)32(4,5)30-21-12-18(11-19(21)14-29)20-15-31-23-22(20)27-16-28-24(23)26-13-17-9-7-6-8-10-17/h15-19,21,29H,6-14H2,1-5H3,(H,26,27,28)/t18-,19+,21-/m1/s1. The van der Waals surface area contributed by atoms with Crippen LogP contribution in [0.15, 0.2) is 11.7 Å². The fourth-order valence-electron chi connectivity index (χ4n) is 5.15. The molecule has 2 aromatic rings. The van der Waals surface area contributed by atoms with E-state index in [1.54, 1.807) is 17.7 Å². The Hall–Kier alpha value is -1.02. The van der Waals surface area contributed by atoms with Gasteiger partial charge in [0.25, 0.3) is 0 Å². The van der Waals surface area contributed by atoms with Crippen LogP contribution in [0.1, 0.15) is 77.2 Å². The molecule has 2 heterocycles. The lowest BCUT2D eigenvalue weighted by Crippen LogP contribution is -2.45. The van der Waals surface area contributed by atoms with Gasteiger partial charge in [0.1, 0.15) is 12.1 Å². The molecule has 0 unspecified atom stereocenters. The quantitative estimate of drug-likeness (QED) is 0.444. The van der Waals surface area contributed by atoms with Crippen molar-refractivity contribution in [1.29, 1.82) is 0 Å². The summed E-state index contributed by atoms with van der Waals surface area (Å²) < 4.78 is 7.95. The number of aliphatic hydroxyl groups is 1. The number of aliphatic hydroxyl groups excluding tert-OH is 1. The van der Waals surface area contributed by atoms with Gasteiger partial charge in [-0.05, 0) is 66.6 Å². The first-order valence-corrected chi connectivity index (χ1v) is 16.2. The second kappa shape index (κ2) is 9.69. The zero-order valence-electron chi connectivity index (χ0n) is 20.5. The average Bonchev–Trinajstić information content (AvgIpc) is 3.35. The lowest BCUT2D eigenvalue weighted by atomic mass is 9.89. The Morgan fingerprint density at radius 2 is 1.91 bits per heavy atom. The number of nitrogens with zero attached hydrogens (tertiary/aromatic N) is 2. The van der Waals surface area contributed by atoms with Gasteiger partial charge in [0.05, 0.1) is 16.3 Å². The topological polar surface area (TPSA) is 67.3 Å². The molecule has 0 aliphatic heterocycles. The maximum absolute atomic E-state index is 10.1. The molecule has 2 fully saturated rings. The van der Waals surface area contributed by atoms with Gasteiger partial charge in [-0.15, -0.1) is 11.3 Å². The van der Waals surface area contributed by atoms with Crippen LogP contribution in [0, 0.1) is 11.8 Å². The summed E-state index contributed by atoms with van der Waals surface area (Å²) in [5.74, 6) is 2.34. The van der Waals surface area contributed by atoms with E-state index in [0.717, 1.165) is 36.6 Å². The summed E-state index contributed by atoms with van der Waals surface area (Å²) in [6.45, 7) is 12.7. The first-order chi connectivity index (χ1) is 15.2. The van der Waals surface area contributed by atoms with Crippen LogP contribution in [0.25, 0.3) is 10.2 Å². The van der Waals surface area contributed by atoms with Crippen LogP contribution in [0.5, 0.6) is 0 Å². The molecule has 7 heteroatoms. The summed E-state index contributed by atoms with van der Waals surface area (Å²) in [4.78, 5) is 9.28. The molecular weight excluding hydrogens is 434 g/mol. The molecule has 0 amide bonds. The SMILES string of the molecule is CC(C)(C)[Si](C)(C)O[C@@H]1C[C@H](c2csc3c(NCC4CCCCC4)ncnc23)C[C@H]1CO. The van der Waals surface area contributed by atoms with Crippen LogP contribution < -0.4 is 5.32 Å². The zero-order valence-corrected chi connectivity index (χ0v) is 22.3. The van der Waals surface area contributed by atoms with Crippen molar-refractivity contribution in [2.75, 3.05) is 18.5 Å². The predicted octanol–water partition coefficient (Wildman–Crippen LogP) is 6.56. The van der Waals surface area contributed by atoms with E-state index < -0.39 is 8.32 Å². The van der Waals surface area contributed by atoms with Crippen molar-refractivity contribution >= 4 is 35.7 Å². The number of anilines is 1. The van der Waals surface area contributed by atoms with Crippen LogP contribution in [-0.4, -0.2) is 42.6 Å². The molecule has 2 saturated carbocycles. The van der Waals surface area contributed by atoms with Gasteiger partial charge in [0, 0.05) is 19.1 Å². The lowest BCUT2D eigenvalue weighted by molar-refractivity contribution is 0.0980. The molecule has 0 bridgehead atoms. The maximum atomic E-state index is 10.1. The molecule has 2 N–H and O–H groups in total. The van der Waals surface area contributed by atoms with Gasteiger partial charge in [-0.2, -0.15) is 0 Å². The molecule has 178 valence electrons. The van der Waals surface area contributed by atoms with Crippen molar-refractivity contribution in [3.8, 4) is 0 Å². The Morgan fingerprint density at radius 1 is 1.16 bits per heavy atom. The van der Waals surface area contributed by atoms with Crippen molar-refractivity contribution < 1.29 is 9.53 Å². The Labute approximate surface area is 198 Å². The minimum Gasteiger partial charge on any atom is -0.414 e. The number of nitrogens with one attached hydrogen (secondary N) is 1. The van der Waals surface area contributed by atoms with Gasteiger partial charge in [-0.25, -0.2) is 9.97 Å². The summed E-state index contributed by atoms with van der Waals surface area (Å²) in [6, 6.07) is 0. The molecule has 2 aliphatic carbocycles. The maximum Gasteiger partial charge on any atom is 0.192 e. The fraction of sp³-hybridized carbons (Fsp3) is 0.760. The normalized spacial score (nSPS) is 25.5. The summed E-state index contributed by atoms with van der Waals surface area (Å²) in [7, 11) is -1.88. The van der Waals surface area contributed by atoms with Gasteiger partial charge in [0.2, 0.25) is 0 Å². The van der Waals surface area contributed by atoms with Crippen LogP contribution in [0.3, 0.4) is 0 Å². The average molecular weight is 476 g/mol. The van der Waals surface area contributed by atoms with Crippen LogP contribution in [0.4, 0.5) is 5.82 Å². The number of fused-ring (bicyclic) bond motifs is 1. The summed E-state index contributed by atoms with van der Waals surface area (Å²) in [5, 5.41) is 16.2. The monoisotopic (exact) mass is 475 g/mol. The minimum atomic E-state index is -1.88. The first kappa shape index (κ1) is 24.1. The van der Waals surface area contributed by atoms with Crippen molar-refractivity contribution in [3.05, 3.63) is 17.3 Å². The van der Waals surface area contributed by atoms with Crippen molar-refractivity contribution in [2.45, 2.75) is 95.9 Å². The van der Waals surface area contributed by atoms with Crippen molar-refractivity contribution in [1.82, 2.24) is 9.97 Å². The molecule has 0 aromatic carbocycles. The molecule has 4 rings (SSSR count). The molecule has 5 nitrogen and oxygen atoms in total. The molecule has 3 atom stereocenters. The van der Waals surface area contributed by atoms with Gasteiger partial charge < -0.3 is 14.8 Å². The highest BCUT2D eigenvalue weighted by Gasteiger charge is 2.44. The number of hydrogen-bond acceptors (Lipinski definition) is 6. The predicted molar refractivity (Wildman–Crippen MR) is 137 cm³/mol. The molecular formula is C25H41N3O2SSi. The van der Waals surface area contributed by atoms with E-state index in [1.807, 2.05) is 0 Å². The molecule has 32 heavy (non-hydrogen) atoms. The number of hydrogen-bond donors (Lipinski definition) is 2. The Morgan fingerprint density at radius 3 is 2.59 bits per heavy atom. The minimum absolute atomic E-state index is 0.131. The highest BCUT2D eigenvalue weighted by molar-refractivity contribution is 7.18. The summed E-state index contributed by atoms with van der Waals surface area (Å²) >= 11 is 1.76. The van der Waals surface area contributed by atoms with E-state index in [0.29, 0.717) is 5.92 Å². The smallest absolute Gasteiger partial charge is 0.192 e. The summed E-state index contributed by atoms with van der Waals surface area (Å²) in [5.41, 5.74) is 2.40. The molecule has 2 aromatic heterocycles. The Bertz CT molecular complexity index is 904. The van der Waals surface area contributed by atoms with Gasteiger partial charge in [-0.1, -0.05) is 40.0 Å². The van der Waals surface area contributed by atoms with E-state index in [9.17, 15) is 5.11 Å². The highest BCUT2D eigenvalue weighted by atomic mass is 32.1. The second-order valence-corrected chi connectivity index (χ2v) is 17.1. The van der Waals surface area contributed by atoms with Gasteiger partial charge in [-0.3, -0.25) is 0 Å². The van der Waals surface area contributed by atoms with Gasteiger partial charge in [0.15, 0.2) is 8.32 Å². The second-order valence-electron chi connectivity index (χ2n) is 11.5. The van der Waals surface area contributed by atoms with E-state index in [4.69, 9.17) is 9.41 Å². The van der Waals surface area contributed by atoms with Crippen LogP contribution in [-0.2, 0) is 4.43 Å². The number of aromatic nitrogens is 2. The first-order valence-electron chi connectivity index (χ1n) is 12.4. The van der Waals surface area contributed by atoms with Crippen molar-refractivity contribution in [2.24, 2.45) is 11.8 Å². The number of thiophene rings is 1. The third-order valence-corrected chi connectivity index (χ3v) is 13.7. The third-order valence-electron chi connectivity index (χ3n) is 8.22. The third kappa shape index (κ3) is 5.06. The van der Waals surface area contributed by atoms with E-state index in [2.05, 4.69) is 49.5 Å². The molecule has 2 aliphatic rings.